The summed E-state index contributed by atoms with van der Waals surface area (Å²) in [4.78, 5) is 4.55. The van der Waals surface area contributed by atoms with Crippen molar-refractivity contribution in [1.29, 1.82) is 0 Å². The van der Waals surface area contributed by atoms with Gasteiger partial charge in [0, 0.05) is 24.3 Å². The molecule has 1 aromatic rings. The van der Waals surface area contributed by atoms with Crippen molar-refractivity contribution in [2.45, 2.75) is 24.9 Å². The molecule has 1 aliphatic rings. The van der Waals surface area contributed by atoms with Gasteiger partial charge in [-0.05, 0) is 51.2 Å². The Balaban J connectivity index is 2.27. The number of likely N-dealkylation sites (tertiary alicyclic amines) is 1. The van der Waals surface area contributed by atoms with Crippen LogP contribution in [0.25, 0.3) is 0 Å². The first-order valence-electron chi connectivity index (χ1n) is 7.09. The van der Waals surface area contributed by atoms with Gasteiger partial charge < -0.3 is 10.6 Å². The molecule has 2 rings (SSSR count). The fourth-order valence-electron chi connectivity index (χ4n) is 2.99. The summed E-state index contributed by atoms with van der Waals surface area (Å²) < 4.78 is 13.1. The van der Waals surface area contributed by atoms with E-state index < -0.39 is 0 Å². The van der Waals surface area contributed by atoms with E-state index in [1.165, 1.54) is 12.1 Å². The van der Waals surface area contributed by atoms with E-state index in [9.17, 15) is 4.39 Å². The molecule has 0 amide bonds. The Morgan fingerprint density at radius 3 is 2.65 bits per heavy atom. The Labute approximate surface area is 120 Å². The molecule has 0 spiro atoms. The molecule has 2 unspecified atom stereocenters. The van der Waals surface area contributed by atoms with Gasteiger partial charge in [-0.25, -0.2) is 4.39 Å². The monoisotopic (exact) mass is 277 g/mol. The Hall–Kier alpha value is -1.39. The molecule has 4 heteroatoms. The van der Waals surface area contributed by atoms with Gasteiger partial charge in [0.1, 0.15) is 5.82 Å². The average molecular weight is 277 g/mol. The third kappa shape index (κ3) is 3.38. The van der Waals surface area contributed by atoms with Crippen molar-refractivity contribution in [2.24, 2.45) is 5.73 Å². The Morgan fingerprint density at radius 2 is 2.10 bits per heavy atom. The topological polar surface area (TPSA) is 32.5 Å². The highest BCUT2D eigenvalue weighted by Gasteiger charge is 2.32. The van der Waals surface area contributed by atoms with Gasteiger partial charge in [-0.3, -0.25) is 4.90 Å². The first kappa shape index (κ1) is 15.0. The van der Waals surface area contributed by atoms with E-state index in [2.05, 4.69) is 30.5 Å². The van der Waals surface area contributed by atoms with Crippen molar-refractivity contribution in [2.75, 3.05) is 27.2 Å². The van der Waals surface area contributed by atoms with Crippen LogP contribution in [0.15, 0.2) is 36.5 Å². The second kappa shape index (κ2) is 6.37. The zero-order valence-corrected chi connectivity index (χ0v) is 12.3. The standard InChI is InChI=1S/C16H24FN3/c1-12(18)15-5-4-10-20(15)16(11-19(2)3)13-6-8-14(17)9-7-13/h6-9,15-16H,1,4-5,10-11,18H2,2-3H3. The first-order valence-corrected chi connectivity index (χ1v) is 7.09. The minimum absolute atomic E-state index is 0.196. The summed E-state index contributed by atoms with van der Waals surface area (Å²) in [6.45, 7) is 5.81. The van der Waals surface area contributed by atoms with Crippen LogP contribution >= 0.6 is 0 Å². The summed E-state index contributed by atoms with van der Waals surface area (Å²) in [6, 6.07) is 7.25. The molecule has 2 atom stereocenters. The normalized spacial score (nSPS) is 21.3. The lowest BCUT2D eigenvalue weighted by Gasteiger charge is -2.35. The molecule has 0 saturated carbocycles. The zero-order valence-electron chi connectivity index (χ0n) is 12.3. The van der Waals surface area contributed by atoms with Gasteiger partial charge in [-0.1, -0.05) is 18.7 Å². The molecule has 0 aromatic heterocycles. The highest BCUT2D eigenvalue weighted by atomic mass is 19.1. The summed E-state index contributed by atoms with van der Waals surface area (Å²) in [5, 5.41) is 0. The van der Waals surface area contributed by atoms with Gasteiger partial charge in [-0.2, -0.15) is 0 Å². The maximum absolute atomic E-state index is 13.1. The second-order valence-electron chi connectivity index (χ2n) is 5.80. The molecular weight excluding hydrogens is 253 g/mol. The SMILES string of the molecule is C=C(N)C1CCCN1C(CN(C)C)c1ccc(F)cc1. The number of rotatable bonds is 5. The van der Waals surface area contributed by atoms with E-state index in [0.717, 1.165) is 37.2 Å². The molecule has 20 heavy (non-hydrogen) atoms. The lowest BCUT2D eigenvalue weighted by molar-refractivity contribution is 0.163. The van der Waals surface area contributed by atoms with Crippen LogP contribution in [0.5, 0.6) is 0 Å². The average Bonchev–Trinajstić information content (AvgIpc) is 2.86. The van der Waals surface area contributed by atoms with Crippen LogP contribution in [0.3, 0.4) is 0 Å². The molecule has 1 aromatic carbocycles. The van der Waals surface area contributed by atoms with Crippen molar-refractivity contribution in [3.8, 4) is 0 Å². The number of halogens is 1. The summed E-state index contributed by atoms with van der Waals surface area (Å²) in [7, 11) is 4.11. The third-order valence-electron chi connectivity index (χ3n) is 3.92. The van der Waals surface area contributed by atoms with E-state index >= 15 is 0 Å². The molecule has 1 heterocycles. The quantitative estimate of drug-likeness (QED) is 0.897. The maximum Gasteiger partial charge on any atom is 0.123 e. The van der Waals surface area contributed by atoms with E-state index in [4.69, 9.17) is 5.73 Å². The van der Waals surface area contributed by atoms with Crippen LogP contribution in [0.4, 0.5) is 4.39 Å². The van der Waals surface area contributed by atoms with E-state index in [0.29, 0.717) is 0 Å². The molecule has 0 radical (unpaired) electrons. The lowest BCUT2D eigenvalue weighted by atomic mass is 10.0. The minimum atomic E-state index is -0.196. The second-order valence-corrected chi connectivity index (χ2v) is 5.80. The Morgan fingerprint density at radius 1 is 1.45 bits per heavy atom. The van der Waals surface area contributed by atoms with Crippen LogP contribution in [-0.2, 0) is 0 Å². The first-order chi connectivity index (χ1) is 9.49. The van der Waals surface area contributed by atoms with Gasteiger partial charge in [-0.15, -0.1) is 0 Å². The number of benzene rings is 1. The fraction of sp³-hybridized carbons (Fsp3) is 0.500. The number of nitrogens with zero attached hydrogens (tertiary/aromatic N) is 2. The molecule has 1 saturated heterocycles. The summed E-state index contributed by atoms with van der Waals surface area (Å²) in [5.41, 5.74) is 7.81. The van der Waals surface area contributed by atoms with Gasteiger partial charge in [0.25, 0.3) is 0 Å². The molecule has 1 fully saturated rings. The van der Waals surface area contributed by atoms with Crippen LogP contribution in [0.2, 0.25) is 0 Å². The Bertz CT molecular complexity index is 455. The van der Waals surface area contributed by atoms with E-state index in [-0.39, 0.29) is 17.9 Å². The van der Waals surface area contributed by atoms with Gasteiger partial charge in [0.15, 0.2) is 0 Å². The van der Waals surface area contributed by atoms with Crippen molar-refractivity contribution in [3.63, 3.8) is 0 Å². The number of likely N-dealkylation sites (N-methyl/N-ethyl adjacent to an activating group) is 1. The van der Waals surface area contributed by atoms with Crippen molar-refractivity contribution >= 4 is 0 Å². The fourth-order valence-corrected chi connectivity index (χ4v) is 2.99. The zero-order chi connectivity index (χ0) is 14.7. The maximum atomic E-state index is 13.1. The van der Waals surface area contributed by atoms with Gasteiger partial charge in [0.2, 0.25) is 0 Å². The Kier molecular flexibility index (Phi) is 4.78. The highest BCUT2D eigenvalue weighted by Crippen LogP contribution is 2.31. The van der Waals surface area contributed by atoms with Crippen LogP contribution in [0, 0.1) is 5.82 Å². The largest absolute Gasteiger partial charge is 0.401 e. The number of hydrogen-bond acceptors (Lipinski definition) is 3. The van der Waals surface area contributed by atoms with Crippen molar-refractivity contribution < 1.29 is 4.39 Å². The smallest absolute Gasteiger partial charge is 0.123 e. The van der Waals surface area contributed by atoms with Crippen LogP contribution in [0.1, 0.15) is 24.4 Å². The van der Waals surface area contributed by atoms with Gasteiger partial charge in [0.05, 0.1) is 0 Å². The summed E-state index contributed by atoms with van der Waals surface area (Å²) in [6.07, 6.45) is 2.19. The molecule has 1 aliphatic heterocycles. The predicted molar refractivity (Wildman–Crippen MR) is 80.8 cm³/mol. The predicted octanol–water partition coefficient (Wildman–Crippen LogP) is 2.37. The summed E-state index contributed by atoms with van der Waals surface area (Å²) in [5.74, 6) is -0.196. The number of nitrogens with two attached hydrogens (primary N) is 1. The highest BCUT2D eigenvalue weighted by molar-refractivity contribution is 5.22. The molecule has 2 N–H and O–H groups in total. The van der Waals surface area contributed by atoms with Gasteiger partial charge >= 0.3 is 0 Å². The van der Waals surface area contributed by atoms with Crippen molar-refractivity contribution in [3.05, 3.63) is 47.9 Å². The molecule has 0 bridgehead atoms. The van der Waals surface area contributed by atoms with E-state index in [1.807, 2.05) is 12.1 Å². The molecular formula is C16H24FN3. The number of hydrogen-bond donors (Lipinski definition) is 1. The van der Waals surface area contributed by atoms with Crippen LogP contribution in [-0.4, -0.2) is 43.0 Å². The summed E-state index contributed by atoms with van der Waals surface area (Å²) >= 11 is 0. The molecule has 110 valence electrons. The van der Waals surface area contributed by atoms with Crippen LogP contribution < -0.4 is 5.73 Å². The minimum Gasteiger partial charge on any atom is -0.401 e. The van der Waals surface area contributed by atoms with Crippen molar-refractivity contribution in [1.82, 2.24) is 9.80 Å². The molecule has 3 nitrogen and oxygen atoms in total. The van der Waals surface area contributed by atoms with E-state index in [1.54, 1.807) is 0 Å². The lowest BCUT2D eigenvalue weighted by Crippen LogP contribution is -2.40. The molecule has 0 aliphatic carbocycles. The third-order valence-corrected chi connectivity index (χ3v) is 3.92.